The van der Waals surface area contributed by atoms with Crippen molar-refractivity contribution in [2.75, 3.05) is 0 Å². The Hall–Kier alpha value is -2.71. The third kappa shape index (κ3) is 5.05. The standard InChI is InChI=1S/C12H6ClF3N4O/c13-9-3-8(21-12(14,15)16)2-1-7(9)6-20-11(5-18)10(19)4-17/h1-3,6H,19H2/b11-10+,20-6?. The second kappa shape index (κ2) is 6.64. The largest absolute Gasteiger partial charge is 0.573 e. The maximum absolute atomic E-state index is 12.0. The lowest BCUT2D eigenvalue weighted by atomic mass is 10.2. The van der Waals surface area contributed by atoms with Crippen LogP contribution in [0.4, 0.5) is 13.2 Å². The van der Waals surface area contributed by atoms with E-state index in [2.05, 4.69) is 9.73 Å². The number of halogens is 4. The van der Waals surface area contributed by atoms with Gasteiger partial charge in [0.2, 0.25) is 0 Å². The molecule has 2 N–H and O–H groups in total. The minimum atomic E-state index is -4.82. The Balaban J connectivity index is 3.03. The van der Waals surface area contributed by atoms with Gasteiger partial charge in [0, 0.05) is 11.8 Å². The van der Waals surface area contributed by atoms with E-state index in [0.29, 0.717) is 0 Å². The van der Waals surface area contributed by atoms with Gasteiger partial charge in [-0.2, -0.15) is 10.5 Å². The highest BCUT2D eigenvalue weighted by atomic mass is 35.5. The van der Waals surface area contributed by atoms with Crippen molar-refractivity contribution in [1.82, 2.24) is 0 Å². The first-order chi connectivity index (χ1) is 9.76. The van der Waals surface area contributed by atoms with E-state index in [0.717, 1.165) is 18.3 Å². The highest BCUT2D eigenvalue weighted by Crippen LogP contribution is 2.27. The van der Waals surface area contributed by atoms with Crippen LogP contribution in [0.25, 0.3) is 0 Å². The molecule has 0 spiro atoms. The molecule has 0 saturated heterocycles. The lowest BCUT2D eigenvalue weighted by molar-refractivity contribution is -0.274. The lowest BCUT2D eigenvalue weighted by Crippen LogP contribution is -2.17. The van der Waals surface area contributed by atoms with Crippen molar-refractivity contribution in [3.63, 3.8) is 0 Å². The molecule has 21 heavy (non-hydrogen) atoms. The molecule has 0 aromatic heterocycles. The van der Waals surface area contributed by atoms with E-state index >= 15 is 0 Å². The maximum Gasteiger partial charge on any atom is 0.573 e. The Morgan fingerprint density at radius 1 is 1.33 bits per heavy atom. The normalized spacial score (nSPS) is 12.5. The number of nitriles is 2. The van der Waals surface area contributed by atoms with Crippen LogP contribution in [0.3, 0.4) is 0 Å². The number of nitrogens with two attached hydrogens (primary N) is 1. The van der Waals surface area contributed by atoms with Gasteiger partial charge in [-0.25, -0.2) is 4.99 Å². The van der Waals surface area contributed by atoms with E-state index in [4.69, 9.17) is 27.9 Å². The average molecular weight is 315 g/mol. The summed E-state index contributed by atoms with van der Waals surface area (Å²) < 4.78 is 39.8. The molecule has 0 aliphatic rings. The van der Waals surface area contributed by atoms with E-state index in [1.54, 1.807) is 12.1 Å². The first-order valence-electron chi connectivity index (χ1n) is 5.16. The molecule has 9 heteroatoms. The summed E-state index contributed by atoms with van der Waals surface area (Å²) in [6.45, 7) is 0. The van der Waals surface area contributed by atoms with Crippen LogP contribution < -0.4 is 10.5 Å². The number of aliphatic imine (C=N–C) groups is 1. The zero-order valence-electron chi connectivity index (χ0n) is 10.1. The minimum absolute atomic E-state index is 0.0756. The topological polar surface area (TPSA) is 95.2 Å². The van der Waals surface area contributed by atoms with Crippen molar-refractivity contribution in [2.24, 2.45) is 10.7 Å². The molecule has 0 fully saturated rings. The van der Waals surface area contributed by atoms with Crippen LogP contribution in [0.5, 0.6) is 5.75 Å². The molecule has 1 rings (SSSR count). The van der Waals surface area contributed by atoms with Gasteiger partial charge in [0.15, 0.2) is 5.70 Å². The van der Waals surface area contributed by atoms with Crippen molar-refractivity contribution >= 4 is 17.8 Å². The van der Waals surface area contributed by atoms with Crippen molar-refractivity contribution in [1.29, 1.82) is 10.5 Å². The maximum atomic E-state index is 12.0. The first kappa shape index (κ1) is 16.3. The van der Waals surface area contributed by atoms with Crippen molar-refractivity contribution < 1.29 is 17.9 Å². The van der Waals surface area contributed by atoms with Gasteiger partial charge < -0.3 is 10.5 Å². The van der Waals surface area contributed by atoms with Crippen molar-refractivity contribution in [3.8, 4) is 17.9 Å². The van der Waals surface area contributed by atoms with E-state index in [1.165, 1.54) is 6.07 Å². The number of nitrogens with zero attached hydrogens (tertiary/aromatic N) is 3. The zero-order chi connectivity index (χ0) is 16.0. The molecule has 1 aromatic carbocycles. The number of ether oxygens (including phenoxy) is 1. The molecule has 1 aromatic rings. The number of allylic oxidation sites excluding steroid dienone is 2. The summed E-state index contributed by atoms with van der Waals surface area (Å²) in [6.07, 6.45) is -3.72. The molecule has 0 radical (unpaired) electrons. The fourth-order valence-electron chi connectivity index (χ4n) is 1.16. The molecular formula is C12H6ClF3N4O. The number of hydrogen-bond acceptors (Lipinski definition) is 5. The van der Waals surface area contributed by atoms with E-state index in [-0.39, 0.29) is 22.0 Å². The second-order valence-electron chi connectivity index (χ2n) is 3.48. The Morgan fingerprint density at radius 2 is 2.00 bits per heavy atom. The van der Waals surface area contributed by atoms with Gasteiger partial charge in [-0.3, -0.25) is 0 Å². The first-order valence-corrected chi connectivity index (χ1v) is 5.54. The smallest absolute Gasteiger partial charge is 0.406 e. The monoisotopic (exact) mass is 314 g/mol. The summed E-state index contributed by atoms with van der Waals surface area (Å²) in [7, 11) is 0. The summed E-state index contributed by atoms with van der Waals surface area (Å²) in [6, 6.07) is 6.34. The third-order valence-corrected chi connectivity index (χ3v) is 2.35. The average Bonchev–Trinajstić information content (AvgIpc) is 2.39. The highest BCUT2D eigenvalue weighted by Gasteiger charge is 2.31. The molecule has 0 saturated carbocycles. The molecule has 0 atom stereocenters. The Kier molecular flexibility index (Phi) is 5.17. The molecule has 0 aliphatic heterocycles. The fourth-order valence-corrected chi connectivity index (χ4v) is 1.37. The van der Waals surface area contributed by atoms with Gasteiger partial charge in [-0.15, -0.1) is 13.2 Å². The van der Waals surface area contributed by atoms with Crippen LogP contribution in [0.1, 0.15) is 5.56 Å². The van der Waals surface area contributed by atoms with Gasteiger partial charge in [0.05, 0.1) is 5.02 Å². The summed E-state index contributed by atoms with van der Waals surface area (Å²) in [5.41, 5.74) is 4.74. The van der Waals surface area contributed by atoms with Crippen LogP contribution in [-0.2, 0) is 0 Å². The van der Waals surface area contributed by atoms with Crippen LogP contribution in [0.2, 0.25) is 5.02 Å². The summed E-state index contributed by atoms with van der Waals surface area (Å²) >= 11 is 5.76. The molecule has 5 nitrogen and oxygen atoms in total. The second-order valence-corrected chi connectivity index (χ2v) is 3.88. The van der Waals surface area contributed by atoms with Crippen LogP contribution in [0, 0.1) is 22.7 Å². The number of alkyl halides is 3. The van der Waals surface area contributed by atoms with Crippen LogP contribution in [0.15, 0.2) is 34.6 Å². The Labute approximate surface area is 122 Å². The predicted octanol–water partition coefficient (Wildman–Crippen LogP) is 2.87. The number of hydrogen-bond donors (Lipinski definition) is 1. The van der Waals surface area contributed by atoms with Crippen molar-refractivity contribution in [2.45, 2.75) is 6.36 Å². The molecule has 0 amide bonds. The van der Waals surface area contributed by atoms with Gasteiger partial charge in [-0.1, -0.05) is 11.6 Å². The molecule has 0 unspecified atom stereocenters. The lowest BCUT2D eigenvalue weighted by Gasteiger charge is -2.09. The highest BCUT2D eigenvalue weighted by molar-refractivity contribution is 6.33. The SMILES string of the molecule is N#C/C(N)=C(/C#N)N=Cc1ccc(OC(F)(F)F)cc1Cl. The van der Waals surface area contributed by atoms with Crippen LogP contribution >= 0.6 is 11.6 Å². The zero-order valence-corrected chi connectivity index (χ0v) is 10.9. The third-order valence-electron chi connectivity index (χ3n) is 2.02. The Morgan fingerprint density at radius 3 is 2.48 bits per heavy atom. The quantitative estimate of drug-likeness (QED) is 0.685. The molecule has 0 bridgehead atoms. The van der Waals surface area contributed by atoms with E-state index in [9.17, 15) is 13.2 Å². The summed E-state index contributed by atoms with van der Waals surface area (Å²) in [4.78, 5) is 3.65. The van der Waals surface area contributed by atoms with Crippen LogP contribution in [-0.4, -0.2) is 12.6 Å². The van der Waals surface area contributed by atoms with Gasteiger partial charge in [-0.05, 0) is 18.2 Å². The van der Waals surface area contributed by atoms with E-state index in [1.807, 2.05) is 0 Å². The molecule has 0 heterocycles. The van der Waals surface area contributed by atoms with Gasteiger partial charge >= 0.3 is 6.36 Å². The Bertz CT molecular complexity index is 683. The summed E-state index contributed by atoms with van der Waals surface area (Å²) in [5, 5.41) is 17.2. The van der Waals surface area contributed by atoms with Crippen molar-refractivity contribution in [3.05, 3.63) is 40.2 Å². The minimum Gasteiger partial charge on any atom is -0.406 e. The number of rotatable bonds is 3. The summed E-state index contributed by atoms with van der Waals surface area (Å²) in [5.74, 6) is -0.489. The predicted molar refractivity (Wildman–Crippen MR) is 68.2 cm³/mol. The fraction of sp³-hybridized carbons (Fsp3) is 0.0833. The van der Waals surface area contributed by atoms with E-state index < -0.39 is 12.1 Å². The molecular weight excluding hydrogens is 309 g/mol. The molecule has 0 aliphatic carbocycles. The number of benzene rings is 1. The van der Waals surface area contributed by atoms with Gasteiger partial charge in [0.25, 0.3) is 0 Å². The molecule has 108 valence electrons. The van der Waals surface area contributed by atoms with Gasteiger partial charge in [0.1, 0.15) is 23.6 Å².